The molecule has 0 aromatic heterocycles. The van der Waals surface area contributed by atoms with Crippen molar-refractivity contribution < 1.29 is 24.5 Å². The maximum Gasteiger partial charge on any atom is 0.305 e. The molecule has 2 unspecified atom stereocenters. The summed E-state index contributed by atoms with van der Waals surface area (Å²) in [5.41, 5.74) is 0. The highest BCUT2D eigenvalue weighted by Crippen LogP contribution is 2.19. The first-order chi connectivity index (χ1) is 36.0. The van der Waals surface area contributed by atoms with Crippen molar-refractivity contribution >= 4 is 11.9 Å². The third-order valence-electron chi connectivity index (χ3n) is 16.2. The number of carbonyl (C=O) groups is 2. The molecular formula is C67H133NO5. The Morgan fingerprint density at radius 1 is 0.329 bits per heavy atom. The number of carbonyl (C=O) groups excluding carboxylic acids is 2. The Balaban J connectivity index is 3.39. The van der Waals surface area contributed by atoms with E-state index in [2.05, 4.69) is 19.2 Å². The Morgan fingerprint density at radius 2 is 0.562 bits per heavy atom. The van der Waals surface area contributed by atoms with Gasteiger partial charge in [0, 0.05) is 12.8 Å². The summed E-state index contributed by atoms with van der Waals surface area (Å²) in [7, 11) is 0. The summed E-state index contributed by atoms with van der Waals surface area (Å²) in [6, 6.07) is -0.545. The molecule has 0 bridgehead atoms. The molecule has 0 aliphatic rings. The Morgan fingerprint density at radius 3 is 0.836 bits per heavy atom. The average Bonchev–Trinajstić information content (AvgIpc) is 3.39. The number of rotatable bonds is 64. The zero-order valence-electron chi connectivity index (χ0n) is 49.9. The number of hydrogen-bond acceptors (Lipinski definition) is 5. The number of amides is 1. The molecule has 0 aromatic rings. The quantitative estimate of drug-likeness (QED) is 0.0417. The fraction of sp³-hybridized carbons (Fsp3) is 0.970. The molecule has 0 saturated heterocycles. The molecule has 0 aliphatic heterocycles. The van der Waals surface area contributed by atoms with Gasteiger partial charge in [0.1, 0.15) is 0 Å². The van der Waals surface area contributed by atoms with Gasteiger partial charge in [-0.15, -0.1) is 0 Å². The van der Waals surface area contributed by atoms with E-state index in [0.29, 0.717) is 25.9 Å². The van der Waals surface area contributed by atoms with Crippen LogP contribution in [0.4, 0.5) is 0 Å². The average molecular weight is 1030 g/mol. The van der Waals surface area contributed by atoms with Crippen molar-refractivity contribution in [3.05, 3.63) is 0 Å². The molecule has 3 N–H and O–H groups in total. The molecule has 0 rings (SSSR count). The largest absolute Gasteiger partial charge is 0.466 e. The zero-order chi connectivity index (χ0) is 52.9. The van der Waals surface area contributed by atoms with E-state index in [-0.39, 0.29) is 18.5 Å². The van der Waals surface area contributed by atoms with Crippen LogP contribution in [0, 0.1) is 0 Å². The van der Waals surface area contributed by atoms with Gasteiger partial charge in [-0.2, -0.15) is 0 Å². The van der Waals surface area contributed by atoms with Crippen LogP contribution in [-0.4, -0.2) is 47.4 Å². The second kappa shape index (κ2) is 63.4. The first-order valence-corrected chi connectivity index (χ1v) is 33.8. The second-order valence-electron chi connectivity index (χ2n) is 23.5. The number of ether oxygens (including phenoxy) is 1. The predicted octanol–water partition coefficient (Wildman–Crippen LogP) is 21.4. The van der Waals surface area contributed by atoms with Gasteiger partial charge in [-0.25, -0.2) is 0 Å². The number of hydrogen-bond donors (Lipinski definition) is 3. The lowest BCUT2D eigenvalue weighted by molar-refractivity contribution is -0.143. The minimum Gasteiger partial charge on any atom is -0.466 e. The summed E-state index contributed by atoms with van der Waals surface area (Å²) in [5.74, 6) is -0.0237. The lowest BCUT2D eigenvalue weighted by atomic mass is 10.0. The van der Waals surface area contributed by atoms with Gasteiger partial charge < -0.3 is 20.3 Å². The van der Waals surface area contributed by atoms with Crippen molar-refractivity contribution in [1.29, 1.82) is 0 Å². The third-order valence-corrected chi connectivity index (χ3v) is 16.2. The van der Waals surface area contributed by atoms with E-state index in [0.717, 1.165) is 38.5 Å². The van der Waals surface area contributed by atoms with Gasteiger partial charge in [-0.05, 0) is 25.7 Å². The first-order valence-electron chi connectivity index (χ1n) is 33.8. The van der Waals surface area contributed by atoms with Crippen molar-refractivity contribution in [2.24, 2.45) is 0 Å². The first kappa shape index (κ1) is 71.9. The van der Waals surface area contributed by atoms with Crippen LogP contribution in [0.3, 0.4) is 0 Å². The van der Waals surface area contributed by atoms with Gasteiger partial charge >= 0.3 is 5.97 Å². The molecule has 436 valence electrons. The Kier molecular flexibility index (Phi) is 62.4. The molecule has 6 heteroatoms. The van der Waals surface area contributed by atoms with Gasteiger partial charge in [0.05, 0.1) is 25.4 Å². The smallest absolute Gasteiger partial charge is 0.305 e. The van der Waals surface area contributed by atoms with Crippen LogP contribution in [0.2, 0.25) is 0 Å². The van der Waals surface area contributed by atoms with E-state index in [1.54, 1.807) is 0 Å². The Bertz CT molecular complexity index is 1050. The van der Waals surface area contributed by atoms with E-state index < -0.39 is 12.1 Å². The van der Waals surface area contributed by atoms with Gasteiger partial charge in [-0.1, -0.05) is 354 Å². The van der Waals surface area contributed by atoms with Crippen LogP contribution in [0.15, 0.2) is 0 Å². The van der Waals surface area contributed by atoms with E-state index in [1.807, 2.05) is 0 Å². The fourth-order valence-electron chi connectivity index (χ4n) is 11.0. The topological polar surface area (TPSA) is 95.9 Å². The molecule has 0 heterocycles. The van der Waals surface area contributed by atoms with Crippen molar-refractivity contribution in [3.63, 3.8) is 0 Å². The van der Waals surface area contributed by atoms with Crippen molar-refractivity contribution in [2.75, 3.05) is 13.2 Å². The Hall–Kier alpha value is -1.14. The SMILES string of the molecule is CCCCCCCCCCCCCCCCCCCCCCCCC(O)C(CO)NC(=O)CCCCCCCCCCCCCCCCCCCOC(=O)CCCCCCCCCCCCCCCCCCC. The van der Waals surface area contributed by atoms with E-state index in [4.69, 9.17) is 4.74 Å². The van der Waals surface area contributed by atoms with Crippen LogP contribution in [-0.2, 0) is 14.3 Å². The predicted molar refractivity (Wildman–Crippen MR) is 320 cm³/mol. The molecule has 73 heavy (non-hydrogen) atoms. The number of aliphatic hydroxyl groups is 2. The number of esters is 1. The van der Waals surface area contributed by atoms with Crippen LogP contribution in [0.5, 0.6) is 0 Å². The summed E-state index contributed by atoms with van der Waals surface area (Å²) < 4.78 is 5.50. The Labute approximate surface area is 457 Å². The maximum atomic E-state index is 12.5. The molecule has 2 atom stereocenters. The van der Waals surface area contributed by atoms with Crippen LogP contribution in [0.1, 0.15) is 393 Å². The van der Waals surface area contributed by atoms with Crippen molar-refractivity contribution in [1.82, 2.24) is 5.32 Å². The number of nitrogens with one attached hydrogen (secondary N) is 1. The summed E-state index contributed by atoms with van der Waals surface area (Å²) in [5, 5.41) is 23.4. The molecular weight excluding hydrogens is 899 g/mol. The summed E-state index contributed by atoms with van der Waals surface area (Å²) in [6.07, 6.45) is 75.5. The van der Waals surface area contributed by atoms with Gasteiger partial charge in [0.2, 0.25) is 5.91 Å². The third kappa shape index (κ3) is 60.0. The molecule has 0 radical (unpaired) electrons. The molecule has 0 fully saturated rings. The number of unbranched alkanes of at least 4 members (excludes halogenated alkanes) is 53. The highest BCUT2D eigenvalue weighted by molar-refractivity contribution is 5.76. The normalized spacial score (nSPS) is 12.4. The maximum absolute atomic E-state index is 12.5. The van der Waals surface area contributed by atoms with Crippen molar-refractivity contribution in [2.45, 2.75) is 405 Å². The van der Waals surface area contributed by atoms with Gasteiger partial charge in [0.25, 0.3) is 0 Å². The summed E-state index contributed by atoms with van der Waals surface area (Å²) >= 11 is 0. The molecule has 6 nitrogen and oxygen atoms in total. The monoisotopic (exact) mass is 1030 g/mol. The number of aliphatic hydroxyl groups excluding tert-OH is 2. The fourth-order valence-corrected chi connectivity index (χ4v) is 11.0. The molecule has 0 spiro atoms. The minimum absolute atomic E-state index is 0.0110. The van der Waals surface area contributed by atoms with Crippen LogP contribution in [0.25, 0.3) is 0 Å². The molecule has 0 aliphatic carbocycles. The lowest BCUT2D eigenvalue weighted by Crippen LogP contribution is -2.45. The highest BCUT2D eigenvalue weighted by Gasteiger charge is 2.20. The molecule has 0 saturated carbocycles. The molecule has 1 amide bonds. The minimum atomic E-state index is -0.668. The van der Waals surface area contributed by atoms with Crippen LogP contribution >= 0.6 is 0 Å². The van der Waals surface area contributed by atoms with Gasteiger partial charge in [0.15, 0.2) is 0 Å². The summed E-state index contributed by atoms with van der Waals surface area (Å²) in [6.45, 7) is 4.99. The summed E-state index contributed by atoms with van der Waals surface area (Å²) in [4.78, 5) is 24.6. The highest BCUT2D eigenvalue weighted by atomic mass is 16.5. The van der Waals surface area contributed by atoms with Gasteiger partial charge in [-0.3, -0.25) is 9.59 Å². The second-order valence-corrected chi connectivity index (χ2v) is 23.5. The van der Waals surface area contributed by atoms with E-state index in [1.165, 1.54) is 321 Å². The zero-order valence-corrected chi connectivity index (χ0v) is 49.9. The molecule has 0 aromatic carbocycles. The van der Waals surface area contributed by atoms with Crippen molar-refractivity contribution in [3.8, 4) is 0 Å². The van der Waals surface area contributed by atoms with E-state index in [9.17, 15) is 19.8 Å². The van der Waals surface area contributed by atoms with E-state index >= 15 is 0 Å². The van der Waals surface area contributed by atoms with Crippen LogP contribution < -0.4 is 5.32 Å². The lowest BCUT2D eigenvalue weighted by Gasteiger charge is -2.22. The standard InChI is InChI=1S/C67H133NO5/c1-3-5-7-9-11-13-15-17-19-21-22-23-24-25-28-31-35-39-43-47-51-55-59-65(70)64(63-69)68-66(71)60-56-52-48-44-40-36-32-29-26-30-34-38-42-46-50-54-58-62-73-67(72)61-57-53-49-45-41-37-33-27-20-18-16-14-12-10-8-6-4-2/h64-65,69-70H,3-63H2,1-2H3,(H,68,71).